The summed E-state index contributed by atoms with van der Waals surface area (Å²) in [5, 5.41) is 20.8. The fraction of sp³-hybridized carbons (Fsp3) is 0.419. The van der Waals surface area contributed by atoms with Crippen molar-refractivity contribution < 1.29 is 32.4 Å². The molecule has 2 aliphatic heterocycles. The Morgan fingerprint density at radius 2 is 1.91 bits per heavy atom. The first-order valence-corrected chi connectivity index (χ1v) is 15.5. The molecule has 5 heterocycles. The summed E-state index contributed by atoms with van der Waals surface area (Å²) >= 11 is -1.59. The number of rotatable bonds is 6. The Kier molecular flexibility index (Phi) is 7.62. The molecule has 45 heavy (non-hydrogen) atoms. The predicted octanol–water partition coefficient (Wildman–Crippen LogP) is 4.57. The number of halogens is 3. The molecule has 2 N–H and O–H groups in total. The smallest absolute Gasteiger partial charge is 0.452 e. The fourth-order valence-electron chi connectivity index (χ4n) is 6.13. The van der Waals surface area contributed by atoms with E-state index in [1.807, 2.05) is 42.4 Å². The largest absolute Gasteiger partial charge is 0.593 e. The summed E-state index contributed by atoms with van der Waals surface area (Å²) in [7, 11) is 0. The highest BCUT2D eigenvalue weighted by atomic mass is 32.2. The van der Waals surface area contributed by atoms with Crippen molar-refractivity contribution in [2.75, 3.05) is 19.6 Å². The number of fused-ring (bicyclic) bond motifs is 2. The van der Waals surface area contributed by atoms with Crippen molar-refractivity contribution in [3.05, 3.63) is 81.9 Å². The molecule has 0 aliphatic carbocycles. The minimum Gasteiger partial charge on any atom is -0.593 e. The Hall–Kier alpha value is -3.72. The summed E-state index contributed by atoms with van der Waals surface area (Å²) in [5.74, 6) is -2.64. The molecule has 2 atom stereocenters. The van der Waals surface area contributed by atoms with Gasteiger partial charge < -0.3 is 19.7 Å². The van der Waals surface area contributed by atoms with Crippen LogP contribution in [0.2, 0.25) is 0 Å². The predicted molar refractivity (Wildman–Crippen MR) is 159 cm³/mol. The van der Waals surface area contributed by atoms with Crippen LogP contribution < -0.4 is 10.1 Å². The Morgan fingerprint density at radius 3 is 2.56 bits per heavy atom. The fourth-order valence-corrected chi connectivity index (χ4v) is 7.55. The summed E-state index contributed by atoms with van der Waals surface area (Å²) in [6, 6.07) is 8.96. The molecule has 4 aromatic rings. The van der Waals surface area contributed by atoms with Crippen LogP contribution in [0.1, 0.15) is 59.0 Å². The van der Waals surface area contributed by atoms with Crippen LogP contribution in [-0.4, -0.2) is 64.8 Å². The standard InChI is InChI=1S/C31H33F3N6O4S/c1-17-10-23-26(36-12-17)44-30(14-35-15-30)16-39(45(23)43)13-21-11-20(7-6-18(21)2)24(29(4,5)28(41)42)22-8-9-40-25(19(22)3)37-38-27(40)31(32,33)34/h6-12,24,35H,13-16H2,1-5H3,(H,41,42). The molecule has 0 amide bonds. The lowest BCUT2D eigenvalue weighted by atomic mass is 9.70. The van der Waals surface area contributed by atoms with Crippen LogP contribution in [0.5, 0.6) is 5.88 Å². The summed E-state index contributed by atoms with van der Waals surface area (Å²) in [5.41, 5.74) is 2.20. The van der Waals surface area contributed by atoms with Gasteiger partial charge in [-0.1, -0.05) is 18.2 Å². The van der Waals surface area contributed by atoms with Gasteiger partial charge in [-0.15, -0.1) is 14.5 Å². The number of carbonyl (C=O) groups is 1. The van der Waals surface area contributed by atoms with E-state index in [1.54, 1.807) is 27.0 Å². The molecular formula is C31H33F3N6O4S. The molecule has 0 radical (unpaired) electrons. The number of hydrogen-bond acceptors (Lipinski definition) is 8. The molecule has 14 heteroatoms. The molecule has 0 saturated carbocycles. The number of aryl methyl sites for hydroxylation is 3. The number of alkyl halides is 3. The lowest BCUT2D eigenvalue weighted by Crippen LogP contribution is -2.67. The van der Waals surface area contributed by atoms with E-state index >= 15 is 0 Å². The lowest BCUT2D eigenvalue weighted by Gasteiger charge is -2.42. The lowest BCUT2D eigenvalue weighted by molar-refractivity contribution is -0.147. The average molecular weight is 643 g/mol. The van der Waals surface area contributed by atoms with Crippen LogP contribution in [0.3, 0.4) is 0 Å². The summed E-state index contributed by atoms with van der Waals surface area (Å²) < 4.78 is 63.7. The van der Waals surface area contributed by atoms with Crippen molar-refractivity contribution in [1.82, 2.24) is 29.2 Å². The van der Waals surface area contributed by atoms with E-state index in [9.17, 15) is 27.6 Å². The zero-order valence-electron chi connectivity index (χ0n) is 25.4. The van der Waals surface area contributed by atoms with E-state index in [4.69, 9.17) is 4.74 Å². The second kappa shape index (κ2) is 11.0. The number of hydrogen-bond donors (Lipinski definition) is 2. The topological polar surface area (TPSA) is 128 Å². The first-order valence-electron chi connectivity index (χ1n) is 14.4. The summed E-state index contributed by atoms with van der Waals surface area (Å²) in [6.45, 7) is 10.4. The van der Waals surface area contributed by atoms with Gasteiger partial charge in [0.1, 0.15) is 0 Å². The first kappa shape index (κ1) is 31.3. The average Bonchev–Trinajstić information content (AvgIpc) is 3.35. The third kappa shape index (κ3) is 5.43. The Labute approximate surface area is 260 Å². The van der Waals surface area contributed by atoms with E-state index in [0.717, 1.165) is 21.1 Å². The number of ether oxygens (including phenoxy) is 1. The van der Waals surface area contributed by atoms with Crippen LogP contribution in [0.15, 0.2) is 47.6 Å². The maximum atomic E-state index is 14.0. The van der Waals surface area contributed by atoms with Crippen molar-refractivity contribution >= 4 is 23.0 Å². The van der Waals surface area contributed by atoms with E-state index in [1.165, 1.54) is 12.3 Å². The van der Waals surface area contributed by atoms with Crippen molar-refractivity contribution in [3.8, 4) is 5.88 Å². The van der Waals surface area contributed by atoms with Gasteiger partial charge in [-0.25, -0.2) is 4.98 Å². The maximum absolute atomic E-state index is 14.0. The molecule has 1 spiro atoms. The highest BCUT2D eigenvalue weighted by molar-refractivity contribution is 7.89. The number of aliphatic carboxylic acids is 1. The van der Waals surface area contributed by atoms with Gasteiger partial charge in [0.05, 0.1) is 29.9 Å². The number of pyridine rings is 2. The molecule has 2 aliphatic rings. The highest BCUT2D eigenvalue weighted by Gasteiger charge is 2.49. The number of benzene rings is 1. The van der Waals surface area contributed by atoms with Crippen molar-refractivity contribution in [3.63, 3.8) is 0 Å². The van der Waals surface area contributed by atoms with Gasteiger partial charge in [-0.2, -0.15) is 13.2 Å². The Balaban J connectivity index is 1.43. The second-order valence-corrected chi connectivity index (χ2v) is 14.0. The zero-order chi connectivity index (χ0) is 32.5. The Morgan fingerprint density at radius 1 is 1.18 bits per heavy atom. The van der Waals surface area contributed by atoms with Gasteiger partial charge in [-0.05, 0) is 74.1 Å². The maximum Gasteiger partial charge on any atom is 0.452 e. The van der Waals surface area contributed by atoms with E-state index in [2.05, 4.69) is 20.5 Å². The molecule has 0 bridgehead atoms. The van der Waals surface area contributed by atoms with Crippen molar-refractivity contribution in [2.45, 2.75) is 63.8 Å². The van der Waals surface area contributed by atoms with Crippen LogP contribution in [0, 0.1) is 26.2 Å². The molecule has 238 valence electrons. The highest BCUT2D eigenvalue weighted by Crippen LogP contribution is 2.44. The number of carboxylic acid groups (broad SMARTS) is 1. The number of aromatic nitrogens is 4. The third-order valence-corrected chi connectivity index (χ3v) is 10.2. The van der Waals surface area contributed by atoms with Crippen LogP contribution in [-0.2, 0) is 28.9 Å². The van der Waals surface area contributed by atoms with Gasteiger partial charge >= 0.3 is 12.1 Å². The van der Waals surface area contributed by atoms with E-state index < -0.39 is 46.3 Å². The van der Waals surface area contributed by atoms with Gasteiger partial charge in [0.15, 0.2) is 11.2 Å². The Bertz CT molecular complexity index is 1810. The zero-order valence-corrected chi connectivity index (χ0v) is 26.2. The molecule has 2 unspecified atom stereocenters. The SMILES string of the molecule is Cc1cnc2c(c1)[S+]([O-])N(Cc1cc(C(c3ccn4c(C(F)(F)F)nnc4c3C)C(C)(C)C(=O)O)ccc1C)CC1(CNC1)O2. The van der Waals surface area contributed by atoms with E-state index in [-0.39, 0.29) is 12.2 Å². The van der Waals surface area contributed by atoms with Crippen molar-refractivity contribution in [1.29, 1.82) is 0 Å². The van der Waals surface area contributed by atoms with Crippen molar-refractivity contribution in [2.24, 2.45) is 5.41 Å². The van der Waals surface area contributed by atoms with Gasteiger partial charge in [0, 0.05) is 37.5 Å². The molecule has 10 nitrogen and oxygen atoms in total. The monoisotopic (exact) mass is 642 g/mol. The molecule has 6 rings (SSSR count). The first-order chi connectivity index (χ1) is 21.1. The number of carboxylic acids is 1. The van der Waals surface area contributed by atoms with Crippen LogP contribution in [0.25, 0.3) is 5.65 Å². The number of nitrogens with zero attached hydrogens (tertiary/aromatic N) is 5. The third-order valence-electron chi connectivity index (χ3n) is 8.81. The second-order valence-electron chi connectivity index (χ2n) is 12.5. The minimum absolute atomic E-state index is 0.000265. The van der Waals surface area contributed by atoms with Gasteiger partial charge in [0.25, 0.3) is 5.88 Å². The van der Waals surface area contributed by atoms with E-state index in [0.29, 0.717) is 47.1 Å². The normalized spacial score (nSPS) is 19.1. The summed E-state index contributed by atoms with van der Waals surface area (Å²) in [4.78, 5) is 17.6. The van der Waals surface area contributed by atoms with Crippen LogP contribution >= 0.6 is 0 Å². The molecule has 3 aromatic heterocycles. The van der Waals surface area contributed by atoms with Crippen LogP contribution in [0.4, 0.5) is 13.2 Å². The number of nitrogens with one attached hydrogen (secondary N) is 1. The quantitative estimate of drug-likeness (QED) is 0.291. The molecule has 1 fully saturated rings. The minimum atomic E-state index is -4.71. The summed E-state index contributed by atoms with van der Waals surface area (Å²) in [6.07, 6.45) is -1.78. The molecule has 1 aromatic carbocycles. The van der Waals surface area contributed by atoms with Gasteiger partial charge in [-0.3, -0.25) is 9.20 Å². The van der Waals surface area contributed by atoms with Gasteiger partial charge in [0.2, 0.25) is 10.7 Å². The molecular weight excluding hydrogens is 609 g/mol. The molecule has 1 saturated heterocycles.